The van der Waals surface area contributed by atoms with E-state index in [-0.39, 0.29) is 11.3 Å². The number of allylic oxidation sites excluding steroid dienone is 3. The van der Waals surface area contributed by atoms with Gasteiger partial charge in [-0.05, 0) is 50.5 Å². The van der Waals surface area contributed by atoms with Crippen molar-refractivity contribution in [3.05, 3.63) is 53.4 Å². The first-order valence-corrected chi connectivity index (χ1v) is 8.27. The molecule has 1 aromatic rings. The van der Waals surface area contributed by atoms with E-state index in [1.165, 1.54) is 25.1 Å². The molecule has 0 heterocycles. The third kappa shape index (κ3) is 8.49. The molecule has 0 amide bonds. The number of ether oxygens (including phenoxy) is 1. The van der Waals surface area contributed by atoms with Crippen LogP contribution in [-0.2, 0) is 0 Å². The standard InChI is InChI=1S/C19H25F3O.C2H2/c1-5-6-7-14(2)15(3)8-9-16(4)19(21,22)23-18-12-10-17(20)11-13-18;1-2/h8-14H,5-7H2,1-4H3;1-2H/b15-8+,16-9+;. The van der Waals surface area contributed by atoms with Crippen LogP contribution in [0.1, 0.15) is 47.0 Å². The Balaban J connectivity index is 0.00000277. The molecule has 0 aliphatic rings. The normalized spacial score (nSPS) is 13.6. The van der Waals surface area contributed by atoms with Crippen LogP contribution in [0.3, 0.4) is 0 Å². The Kier molecular flexibility index (Phi) is 10.4. The van der Waals surface area contributed by atoms with E-state index in [9.17, 15) is 13.2 Å². The van der Waals surface area contributed by atoms with Gasteiger partial charge in [-0.25, -0.2) is 4.39 Å². The second-order valence-electron chi connectivity index (χ2n) is 5.88. The Bertz CT molecular complexity index is 583. The summed E-state index contributed by atoms with van der Waals surface area (Å²) in [6.07, 6.45) is 11.0. The molecule has 25 heavy (non-hydrogen) atoms. The Hall–Kier alpha value is -2.15. The number of hydrogen-bond acceptors (Lipinski definition) is 1. The van der Waals surface area contributed by atoms with E-state index in [0.717, 1.165) is 37.0 Å². The first-order valence-electron chi connectivity index (χ1n) is 8.27. The summed E-state index contributed by atoms with van der Waals surface area (Å²) in [5, 5.41) is 0. The SMILES string of the molecule is C#C.CCCCC(C)/C(C)=C/C=C(\C)C(F)(F)Oc1ccc(F)cc1. The van der Waals surface area contributed by atoms with Gasteiger partial charge in [-0.2, -0.15) is 8.78 Å². The van der Waals surface area contributed by atoms with Crippen LogP contribution in [0.25, 0.3) is 0 Å². The van der Waals surface area contributed by atoms with Gasteiger partial charge >= 0.3 is 6.11 Å². The van der Waals surface area contributed by atoms with E-state index in [4.69, 9.17) is 0 Å². The van der Waals surface area contributed by atoms with Crippen molar-refractivity contribution in [2.75, 3.05) is 0 Å². The first-order chi connectivity index (χ1) is 11.8. The largest absolute Gasteiger partial charge is 0.429 e. The number of hydrogen-bond donors (Lipinski definition) is 0. The van der Waals surface area contributed by atoms with E-state index in [1.807, 2.05) is 6.92 Å². The van der Waals surface area contributed by atoms with Gasteiger partial charge in [0.05, 0.1) is 0 Å². The predicted octanol–water partition coefficient (Wildman–Crippen LogP) is 6.77. The molecule has 0 saturated carbocycles. The van der Waals surface area contributed by atoms with Gasteiger partial charge in [0.15, 0.2) is 0 Å². The van der Waals surface area contributed by atoms with Crippen LogP contribution in [0.15, 0.2) is 47.6 Å². The van der Waals surface area contributed by atoms with E-state index in [1.54, 1.807) is 6.08 Å². The van der Waals surface area contributed by atoms with Crippen molar-refractivity contribution in [3.63, 3.8) is 0 Å². The van der Waals surface area contributed by atoms with Crippen LogP contribution in [0.2, 0.25) is 0 Å². The van der Waals surface area contributed by atoms with Crippen molar-refractivity contribution in [3.8, 4) is 18.6 Å². The van der Waals surface area contributed by atoms with Crippen molar-refractivity contribution in [1.82, 2.24) is 0 Å². The van der Waals surface area contributed by atoms with Crippen molar-refractivity contribution in [1.29, 1.82) is 0 Å². The molecule has 0 bridgehead atoms. The summed E-state index contributed by atoms with van der Waals surface area (Å²) in [5.74, 6) is -0.195. The summed E-state index contributed by atoms with van der Waals surface area (Å²) in [6.45, 7) is 7.49. The summed E-state index contributed by atoms with van der Waals surface area (Å²) < 4.78 is 45.6. The van der Waals surface area contributed by atoms with Gasteiger partial charge in [0.25, 0.3) is 0 Å². The maximum absolute atomic E-state index is 14.0. The molecule has 0 aromatic heterocycles. The van der Waals surface area contributed by atoms with Gasteiger partial charge in [-0.1, -0.05) is 44.4 Å². The molecule has 0 aliphatic heterocycles. The van der Waals surface area contributed by atoms with Crippen molar-refractivity contribution in [2.24, 2.45) is 5.92 Å². The van der Waals surface area contributed by atoms with Gasteiger partial charge < -0.3 is 4.74 Å². The van der Waals surface area contributed by atoms with Crippen LogP contribution in [0, 0.1) is 24.6 Å². The zero-order valence-electron chi connectivity index (χ0n) is 15.4. The van der Waals surface area contributed by atoms with E-state index in [2.05, 4.69) is 31.4 Å². The van der Waals surface area contributed by atoms with Crippen LogP contribution in [0.5, 0.6) is 5.75 Å². The minimum Gasteiger partial charge on any atom is -0.429 e. The van der Waals surface area contributed by atoms with Gasteiger partial charge in [-0.15, -0.1) is 12.8 Å². The Morgan fingerprint density at radius 3 is 2.24 bits per heavy atom. The highest BCUT2D eigenvalue weighted by Crippen LogP contribution is 2.29. The van der Waals surface area contributed by atoms with E-state index < -0.39 is 11.9 Å². The number of terminal acetylenes is 1. The van der Waals surface area contributed by atoms with Crippen LogP contribution in [-0.4, -0.2) is 6.11 Å². The maximum atomic E-state index is 14.0. The second-order valence-corrected chi connectivity index (χ2v) is 5.88. The molecule has 1 unspecified atom stereocenters. The maximum Gasteiger partial charge on any atom is 0.422 e. The molecule has 0 aliphatic carbocycles. The molecule has 0 spiro atoms. The lowest BCUT2D eigenvalue weighted by Gasteiger charge is -2.18. The highest BCUT2D eigenvalue weighted by molar-refractivity contribution is 5.25. The van der Waals surface area contributed by atoms with Gasteiger partial charge in [-0.3, -0.25) is 0 Å². The minimum atomic E-state index is -3.43. The molecule has 138 valence electrons. The topological polar surface area (TPSA) is 9.23 Å². The summed E-state index contributed by atoms with van der Waals surface area (Å²) in [4.78, 5) is 0. The fourth-order valence-corrected chi connectivity index (χ4v) is 1.99. The summed E-state index contributed by atoms with van der Waals surface area (Å²) >= 11 is 0. The number of rotatable bonds is 8. The third-order valence-corrected chi connectivity index (χ3v) is 3.88. The first kappa shape index (κ1) is 22.9. The second kappa shape index (κ2) is 11.4. The Morgan fingerprint density at radius 1 is 1.16 bits per heavy atom. The quantitative estimate of drug-likeness (QED) is 0.371. The predicted molar refractivity (Wildman–Crippen MR) is 98.1 cm³/mol. The average molecular weight is 352 g/mol. The lowest BCUT2D eigenvalue weighted by atomic mass is 9.96. The summed E-state index contributed by atoms with van der Waals surface area (Å²) in [5.41, 5.74) is 0.874. The smallest absolute Gasteiger partial charge is 0.422 e. The monoisotopic (exact) mass is 352 g/mol. The molecule has 1 aromatic carbocycles. The molecular formula is C21H27F3O. The van der Waals surface area contributed by atoms with Crippen molar-refractivity contribution in [2.45, 2.75) is 53.1 Å². The van der Waals surface area contributed by atoms with Gasteiger partial charge in [0.1, 0.15) is 11.6 Å². The number of alkyl halides is 2. The van der Waals surface area contributed by atoms with E-state index >= 15 is 0 Å². The van der Waals surface area contributed by atoms with Gasteiger partial charge in [0, 0.05) is 5.57 Å². The zero-order valence-corrected chi connectivity index (χ0v) is 15.4. The fraction of sp³-hybridized carbons (Fsp3) is 0.429. The van der Waals surface area contributed by atoms with Crippen molar-refractivity contribution < 1.29 is 17.9 Å². The molecule has 0 fully saturated rings. The number of unbranched alkanes of at least 4 members (excludes halogenated alkanes) is 1. The fourth-order valence-electron chi connectivity index (χ4n) is 1.99. The zero-order chi connectivity index (χ0) is 19.5. The number of halogens is 3. The molecule has 1 atom stereocenters. The molecule has 4 heteroatoms. The Labute approximate surface area is 149 Å². The highest BCUT2D eigenvalue weighted by Gasteiger charge is 2.33. The minimum absolute atomic E-state index is 0.0684. The molecule has 0 N–H and O–H groups in total. The van der Waals surface area contributed by atoms with Crippen LogP contribution in [0.4, 0.5) is 13.2 Å². The lowest BCUT2D eigenvalue weighted by Crippen LogP contribution is -2.26. The lowest BCUT2D eigenvalue weighted by molar-refractivity contribution is -0.141. The number of benzene rings is 1. The molecule has 1 rings (SSSR count). The Morgan fingerprint density at radius 2 is 1.72 bits per heavy atom. The summed E-state index contributed by atoms with van der Waals surface area (Å²) in [7, 11) is 0. The third-order valence-electron chi connectivity index (χ3n) is 3.88. The molecule has 0 radical (unpaired) electrons. The molecular weight excluding hydrogens is 325 g/mol. The molecule has 1 nitrogen and oxygen atoms in total. The van der Waals surface area contributed by atoms with Crippen LogP contribution >= 0.6 is 0 Å². The molecule has 0 saturated heterocycles. The van der Waals surface area contributed by atoms with Crippen molar-refractivity contribution >= 4 is 0 Å². The van der Waals surface area contributed by atoms with Crippen LogP contribution < -0.4 is 4.74 Å². The van der Waals surface area contributed by atoms with Gasteiger partial charge in [0.2, 0.25) is 0 Å². The van der Waals surface area contributed by atoms with E-state index in [0.29, 0.717) is 5.92 Å². The summed E-state index contributed by atoms with van der Waals surface area (Å²) in [6, 6.07) is 4.54. The highest BCUT2D eigenvalue weighted by atomic mass is 19.3. The average Bonchev–Trinajstić information content (AvgIpc) is 2.60.